The summed E-state index contributed by atoms with van der Waals surface area (Å²) in [6.45, 7) is 2.48. The van der Waals surface area contributed by atoms with Crippen LogP contribution >= 0.6 is 0 Å². The van der Waals surface area contributed by atoms with E-state index in [0.717, 1.165) is 18.5 Å². The molecule has 0 unspecified atom stereocenters. The molecular formula is C11H15N5O. The van der Waals surface area contributed by atoms with Crippen LogP contribution in [0.1, 0.15) is 11.4 Å². The summed E-state index contributed by atoms with van der Waals surface area (Å²) in [7, 11) is 1.89. The Labute approximate surface area is 98.7 Å². The molecule has 6 heteroatoms. The van der Waals surface area contributed by atoms with Gasteiger partial charge < -0.3 is 10.3 Å². The molecule has 2 N–H and O–H groups in total. The normalized spacial score (nSPS) is 10.5. The van der Waals surface area contributed by atoms with Crippen LogP contribution < -0.4 is 10.9 Å². The van der Waals surface area contributed by atoms with Crippen LogP contribution in [0, 0.1) is 6.92 Å². The Morgan fingerprint density at radius 2 is 2.35 bits per heavy atom. The molecule has 0 aliphatic carbocycles. The summed E-state index contributed by atoms with van der Waals surface area (Å²) in [5, 5.41) is 7.20. The van der Waals surface area contributed by atoms with Gasteiger partial charge in [0.1, 0.15) is 11.6 Å². The largest absolute Gasteiger partial charge is 0.370 e. The predicted molar refractivity (Wildman–Crippen MR) is 65.0 cm³/mol. The third kappa shape index (κ3) is 3.17. The van der Waals surface area contributed by atoms with Crippen LogP contribution in [-0.2, 0) is 13.5 Å². The van der Waals surface area contributed by atoms with Crippen molar-refractivity contribution < 1.29 is 0 Å². The first-order chi connectivity index (χ1) is 8.13. The van der Waals surface area contributed by atoms with Crippen molar-refractivity contribution in [1.82, 2.24) is 19.7 Å². The van der Waals surface area contributed by atoms with E-state index in [1.54, 1.807) is 11.6 Å². The first-order valence-corrected chi connectivity index (χ1v) is 5.43. The zero-order valence-electron chi connectivity index (χ0n) is 9.90. The summed E-state index contributed by atoms with van der Waals surface area (Å²) < 4.78 is 1.77. The van der Waals surface area contributed by atoms with E-state index in [0.29, 0.717) is 11.6 Å². The van der Waals surface area contributed by atoms with Crippen molar-refractivity contribution in [3.05, 3.63) is 40.2 Å². The van der Waals surface area contributed by atoms with E-state index in [4.69, 9.17) is 0 Å². The third-order valence-electron chi connectivity index (χ3n) is 2.34. The van der Waals surface area contributed by atoms with Crippen LogP contribution in [0.3, 0.4) is 0 Å². The SMILES string of the molecule is Cc1nc(NCCc2cnn(C)c2)cc(=O)[nH]1. The lowest BCUT2D eigenvalue weighted by atomic mass is 10.2. The molecule has 2 rings (SSSR count). The fraction of sp³-hybridized carbons (Fsp3) is 0.364. The quantitative estimate of drug-likeness (QED) is 0.804. The lowest BCUT2D eigenvalue weighted by Gasteiger charge is -2.04. The number of H-pyrrole nitrogens is 1. The van der Waals surface area contributed by atoms with Crippen molar-refractivity contribution in [2.45, 2.75) is 13.3 Å². The molecule has 0 amide bonds. The molecule has 0 aromatic carbocycles. The highest BCUT2D eigenvalue weighted by Crippen LogP contribution is 2.01. The summed E-state index contributed by atoms with van der Waals surface area (Å²) in [5.74, 6) is 1.22. The first-order valence-electron chi connectivity index (χ1n) is 5.43. The fourth-order valence-electron chi connectivity index (χ4n) is 1.61. The van der Waals surface area contributed by atoms with Crippen molar-refractivity contribution in [3.63, 3.8) is 0 Å². The molecule has 6 nitrogen and oxygen atoms in total. The second kappa shape index (κ2) is 4.82. The van der Waals surface area contributed by atoms with E-state index < -0.39 is 0 Å². The molecule has 0 aliphatic rings. The zero-order valence-corrected chi connectivity index (χ0v) is 9.90. The maximum Gasteiger partial charge on any atom is 0.252 e. The van der Waals surface area contributed by atoms with E-state index in [2.05, 4.69) is 20.4 Å². The molecule has 0 radical (unpaired) electrons. The maximum atomic E-state index is 11.2. The first kappa shape index (κ1) is 11.4. The number of aromatic nitrogens is 4. The molecule has 2 aromatic heterocycles. The monoisotopic (exact) mass is 233 g/mol. The van der Waals surface area contributed by atoms with Crippen LogP contribution in [0.5, 0.6) is 0 Å². The summed E-state index contributed by atoms with van der Waals surface area (Å²) in [5.41, 5.74) is 1.02. The van der Waals surface area contributed by atoms with Crippen LogP contribution in [0.25, 0.3) is 0 Å². The Balaban J connectivity index is 1.92. The van der Waals surface area contributed by atoms with Gasteiger partial charge in [-0.05, 0) is 18.9 Å². The van der Waals surface area contributed by atoms with Gasteiger partial charge in [-0.2, -0.15) is 5.10 Å². The third-order valence-corrected chi connectivity index (χ3v) is 2.34. The Bertz CT molecular complexity index is 557. The Morgan fingerprint density at radius 1 is 1.53 bits per heavy atom. The number of nitrogens with one attached hydrogen (secondary N) is 2. The number of hydrogen-bond acceptors (Lipinski definition) is 4. The molecule has 17 heavy (non-hydrogen) atoms. The van der Waals surface area contributed by atoms with Gasteiger partial charge in [-0.3, -0.25) is 9.48 Å². The minimum absolute atomic E-state index is 0.138. The maximum absolute atomic E-state index is 11.2. The second-order valence-electron chi connectivity index (χ2n) is 3.92. The lowest BCUT2D eigenvalue weighted by Crippen LogP contribution is -2.13. The summed E-state index contributed by atoms with van der Waals surface area (Å²) in [4.78, 5) is 18.0. The molecule has 2 aromatic rings. The second-order valence-corrected chi connectivity index (χ2v) is 3.92. The summed E-state index contributed by atoms with van der Waals surface area (Å²) >= 11 is 0. The molecule has 0 bridgehead atoms. The lowest BCUT2D eigenvalue weighted by molar-refractivity contribution is 0.767. The van der Waals surface area contributed by atoms with Crippen molar-refractivity contribution in [1.29, 1.82) is 0 Å². The number of nitrogens with zero attached hydrogens (tertiary/aromatic N) is 3. The van der Waals surface area contributed by atoms with Gasteiger partial charge in [0.15, 0.2) is 0 Å². The van der Waals surface area contributed by atoms with Gasteiger partial charge >= 0.3 is 0 Å². The van der Waals surface area contributed by atoms with E-state index in [9.17, 15) is 4.79 Å². The number of hydrogen-bond donors (Lipinski definition) is 2. The van der Waals surface area contributed by atoms with Crippen molar-refractivity contribution in [3.8, 4) is 0 Å². The van der Waals surface area contributed by atoms with Gasteiger partial charge in [0.2, 0.25) is 0 Å². The zero-order chi connectivity index (χ0) is 12.3. The van der Waals surface area contributed by atoms with E-state index >= 15 is 0 Å². The summed E-state index contributed by atoms with van der Waals surface area (Å²) in [6, 6.07) is 1.45. The molecular weight excluding hydrogens is 218 g/mol. The molecule has 0 saturated carbocycles. The van der Waals surface area contributed by atoms with Crippen molar-refractivity contribution in [2.75, 3.05) is 11.9 Å². The Kier molecular flexibility index (Phi) is 3.22. The molecule has 0 atom stereocenters. The minimum Gasteiger partial charge on any atom is -0.370 e. The number of anilines is 1. The Morgan fingerprint density at radius 3 is 3.00 bits per heavy atom. The van der Waals surface area contributed by atoms with Gasteiger partial charge in [0, 0.05) is 25.9 Å². The predicted octanol–water partition coefficient (Wildman–Crippen LogP) is 0.466. The van der Waals surface area contributed by atoms with Crippen molar-refractivity contribution in [2.24, 2.45) is 7.05 Å². The molecule has 0 fully saturated rings. The van der Waals surface area contributed by atoms with Crippen molar-refractivity contribution >= 4 is 5.82 Å². The number of rotatable bonds is 4. The minimum atomic E-state index is -0.138. The van der Waals surface area contributed by atoms with E-state index in [-0.39, 0.29) is 5.56 Å². The smallest absolute Gasteiger partial charge is 0.252 e. The highest BCUT2D eigenvalue weighted by molar-refractivity contribution is 5.32. The highest BCUT2D eigenvalue weighted by Gasteiger charge is 1.99. The number of aryl methyl sites for hydroxylation is 2. The van der Waals surface area contributed by atoms with Gasteiger partial charge in [0.05, 0.1) is 6.20 Å². The summed E-state index contributed by atoms with van der Waals surface area (Å²) in [6.07, 6.45) is 4.65. The van der Waals surface area contributed by atoms with Crippen LogP contribution in [0.4, 0.5) is 5.82 Å². The molecule has 0 aliphatic heterocycles. The molecule has 0 spiro atoms. The highest BCUT2D eigenvalue weighted by atomic mass is 16.1. The van der Waals surface area contributed by atoms with Gasteiger partial charge in [-0.1, -0.05) is 0 Å². The molecule has 90 valence electrons. The van der Waals surface area contributed by atoms with E-state index in [1.165, 1.54) is 6.07 Å². The average Bonchev–Trinajstić information content (AvgIpc) is 2.63. The topological polar surface area (TPSA) is 75.6 Å². The van der Waals surface area contributed by atoms with Crippen LogP contribution in [0.15, 0.2) is 23.3 Å². The van der Waals surface area contributed by atoms with Gasteiger partial charge in [-0.15, -0.1) is 0 Å². The van der Waals surface area contributed by atoms with Crippen LogP contribution in [0.2, 0.25) is 0 Å². The molecule has 0 saturated heterocycles. The Hall–Kier alpha value is -2.11. The standard InChI is InChI=1S/C11H15N5O/c1-8-14-10(5-11(17)15-8)12-4-3-9-6-13-16(2)7-9/h5-7H,3-4H2,1-2H3,(H2,12,14,15,17). The molecule has 2 heterocycles. The van der Waals surface area contributed by atoms with Crippen LogP contribution in [-0.4, -0.2) is 26.3 Å². The van der Waals surface area contributed by atoms with E-state index in [1.807, 2.05) is 19.4 Å². The number of aromatic amines is 1. The average molecular weight is 233 g/mol. The fourth-order valence-corrected chi connectivity index (χ4v) is 1.61. The van der Waals surface area contributed by atoms with Gasteiger partial charge in [-0.25, -0.2) is 4.98 Å². The van der Waals surface area contributed by atoms with Gasteiger partial charge in [0.25, 0.3) is 5.56 Å².